The lowest BCUT2D eigenvalue weighted by Gasteiger charge is -2.23. The Morgan fingerprint density at radius 2 is 2.27 bits per heavy atom. The van der Waals surface area contributed by atoms with Crippen molar-refractivity contribution in [1.29, 1.82) is 0 Å². The van der Waals surface area contributed by atoms with Crippen LogP contribution in [0, 0.1) is 11.7 Å². The minimum Gasteiger partial charge on any atom is -0.465 e. The standard InChI is InChI=1S/C14H19FN2O4S/c1-21-14(18)12-7-11(15)4-5-13(12)22(19,20)17-9-10-3-2-6-16-8-10/h4-5,7,10,16-17H,2-3,6,8-9H2,1H3. The van der Waals surface area contributed by atoms with Crippen molar-refractivity contribution in [3.8, 4) is 0 Å². The number of halogens is 1. The summed E-state index contributed by atoms with van der Waals surface area (Å²) in [6.07, 6.45) is 1.93. The molecule has 2 rings (SSSR count). The number of benzene rings is 1. The van der Waals surface area contributed by atoms with Crippen molar-refractivity contribution in [2.24, 2.45) is 5.92 Å². The second kappa shape index (κ2) is 7.17. The van der Waals surface area contributed by atoms with Crippen LogP contribution in [0.15, 0.2) is 23.1 Å². The number of ether oxygens (including phenoxy) is 1. The molecule has 0 aromatic heterocycles. The molecule has 0 aliphatic carbocycles. The summed E-state index contributed by atoms with van der Waals surface area (Å²) < 4.78 is 45.0. The molecule has 1 saturated heterocycles. The molecule has 0 bridgehead atoms. The molecule has 1 unspecified atom stereocenters. The van der Waals surface area contributed by atoms with E-state index in [9.17, 15) is 17.6 Å². The maximum atomic E-state index is 13.3. The number of carbonyl (C=O) groups excluding carboxylic acids is 1. The lowest BCUT2D eigenvalue weighted by atomic mass is 10.0. The van der Waals surface area contributed by atoms with Crippen molar-refractivity contribution in [2.45, 2.75) is 17.7 Å². The fraction of sp³-hybridized carbons (Fsp3) is 0.500. The first-order valence-corrected chi connectivity index (χ1v) is 8.50. The number of esters is 1. The molecule has 0 saturated carbocycles. The van der Waals surface area contributed by atoms with Gasteiger partial charge in [0.25, 0.3) is 0 Å². The van der Waals surface area contributed by atoms with Crippen LogP contribution >= 0.6 is 0 Å². The highest BCUT2D eigenvalue weighted by molar-refractivity contribution is 7.89. The molecule has 1 aromatic carbocycles. The summed E-state index contributed by atoms with van der Waals surface area (Å²) in [5.41, 5.74) is -0.309. The summed E-state index contributed by atoms with van der Waals surface area (Å²) in [5.74, 6) is -1.39. The van der Waals surface area contributed by atoms with Crippen LogP contribution in [0.1, 0.15) is 23.2 Å². The smallest absolute Gasteiger partial charge is 0.339 e. The number of hydrogen-bond acceptors (Lipinski definition) is 5. The summed E-state index contributed by atoms with van der Waals surface area (Å²) in [4.78, 5) is 11.4. The Labute approximate surface area is 129 Å². The molecule has 1 fully saturated rings. The van der Waals surface area contributed by atoms with Crippen LogP contribution < -0.4 is 10.0 Å². The largest absolute Gasteiger partial charge is 0.465 e. The third kappa shape index (κ3) is 4.02. The Morgan fingerprint density at radius 3 is 2.91 bits per heavy atom. The third-order valence-corrected chi connectivity index (χ3v) is 5.08. The number of nitrogens with one attached hydrogen (secondary N) is 2. The Bertz CT molecular complexity index is 642. The Hall–Kier alpha value is -1.51. The summed E-state index contributed by atoms with van der Waals surface area (Å²) in [5, 5.41) is 3.20. The van der Waals surface area contributed by atoms with Gasteiger partial charge in [0, 0.05) is 6.54 Å². The summed E-state index contributed by atoms with van der Waals surface area (Å²) in [6.45, 7) is 1.96. The second-order valence-corrected chi connectivity index (χ2v) is 6.93. The minimum absolute atomic E-state index is 0.200. The van der Waals surface area contributed by atoms with Crippen LogP contribution in [0.2, 0.25) is 0 Å². The topological polar surface area (TPSA) is 84.5 Å². The molecule has 1 heterocycles. The van der Waals surface area contributed by atoms with Gasteiger partial charge in [0.15, 0.2) is 0 Å². The SMILES string of the molecule is COC(=O)c1cc(F)ccc1S(=O)(=O)NCC1CCCNC1. The van der Waals surface area contributed by atoms with Crippen LogP contribution in [-0.4, -0.2) is 41.1 Å². The van der Waals surface area contributed by atoms with Crippen LogP contribution in [0.5, 0.6) is 0 Å². The molecule has 0 amide bonds. The van der Waals surface area contributed by atoms with Crippen molar-refractivity contribution in [3.63, 3.8) is 0 Å². The van der Waals surface area contributed by atoms with Gasteiger partial charge in [0.2, 0.25) is 10.0 Å². The third-order valence-electron chi connectivity index (χ3n) is 3.60. The number of rotatable bonds is 5. The zero-order valence-electron chi connectivity index (χ0n) is 12.3. The molecule has 6 nitrogen and oxygen atoms in total. The minimum atomic E-state index is -3.91. The summed E-state index contributed by atoms with van der Waals surface area (Å²) >= 11 is 0. The van der Waals surface area contributed by atoms with Crippen molar-refractivity contribution in [2.75, 3.05) is 26.7 Å². The van der Waals surface area contributed by atoms with E-state index in [1.54, 1.807) is 0 Å². The molecular weight excluding hydrogens is 311 g/mol. The van der Waals surface area contributed by atoms with E-state index in [2.05, 4.69) is 14.8 Å². The summed E-state index contributed by atoms with van der Waals surface area (Å²) in [6, 6.07) is 2.94. The predicted octanol–water partition coefficient (Wildman–Crippen LogP) is 0.890. The van der Waals surface area contributed by atoms with E-state index >= 15 is 0 Å². The molecule has 8 heteroatoms. The number of carbonyl (C=O) groups is 1. The van der Waals surface area contributed by atoms with Gasteiger partial charge in [-0.25, -0.2) is 22.3 Å². The highest BCUT2D eigenvalue weighted by Crippen LogP contribution is 2.19. The maximum absolute atomic E-state index is 13.3. The Morgan fingerprint density at radius 1 is 1.50 bits per heavy atom. The quantitative estimate of drug-likeness (QED) is 0.783. The monoisotopic (exact) mass is 330 g/mol. The van der Waals surface area contributed by atoms with Crippen molar-refractivity contribution < 1.29 is 22.3 Å². The average Bonchev–Trinajstić information content (AvgIpc) is 2.53. The van der Waals surface area contributed by atoms with Crippen molar-refractivity contribution >= 4 is 16.0 Å². The van der Waals surface area contributed by atoms with Gasteiger partial charge < -0.3 is 10.1 Å². The highest BCUT2D eigenvalue weighted by Gasteiger charge is 2.25. The number of piperidine rings is 1. The molecule has 1 aliphatic rings. The van der Waals surface area contributed by atoms with Crippen molar-refractivity contribution in [1.82, 2.24) is 10.0 Å². The fourth-order valence-corrected chi connectivity index (χ4v) is 3.70. The summed E-state index contributed by atoms with van der Waals surface area (Å²) in [7, 11) is -2.79. The van der Waals surface area contributed by atoms with Gasteiger partial charge in [0.05, 0.1) is 17.6 Å². The first-order chi connectivity index (χ1) is 10.4. The van der Waals surface area contributed by atoms with Gasteiger partial charge in [-0.05, 0) is 50.0 Å². The lowest BCUT2D eigenvalue weighted by Crippen LogP contribution is -2.38. The first-order valence-electron chi connectivity index (χ1n) is 7.02. The van der Waals surface area contributed by atoms with E-state index in [4.69, 9.17) is 0 Å². The van der Waals surface area contributed by atoms with Gasteiger partial charge in [-0.1, -0.05) is 0 Å². The van der Waals surface area contributed by atoms with E-state index in [1.165, 1.54) is 0 Å². The first kappa shape index (κ1) is 16.9. The van der Waals surface area contributed by atoms with Crippen LogP contribution in [0.4, 0.5) is 4.39 Å². The molecule has 2 N–H and O–H groups in total. The Balaban J connectivity index is 2.19. The normalized spacial score (nSPS) is 18.9. The zero-order chi connectivity index (χ0) is 16.2. The van der Waals surface area contributed by atoms with E-state index in [0.29, 0.717) is 0 Å². The predicted molar refractivity (Wildman–Crippen MR) is 78.5 cm³/mol. The lowest BCUT2D eigenvalue weighted by molar-refractivity contribution is 0.0595. The van der Waals surface area contributed by atoms with E-state index in [-0.39, 0.29) is 22.9 Å². The van der Waals surface area contributed by atoms with E-state index < -0.39 is 21.8 Å². The average molecular weight is 330 g/mol. The number of methoxy groups -OCH3 is 1. The highest BCUT2D eigenvalue weighted by atomic mass is 32.2. The Kier molecular flexibility index (Phi) is 5.49. The van der Waals surface area contributed by atoms with E-state index in [0.717, 1.165) is 51.2 Å². The maximum Gasteiger partial charge on any atom is 0.339 e. The molecule has 1 atom stereocenters. The van der Waals surface area contributed by atoms with Crippen LogP contribution in [0.25, 0.3) is 0 Å². The van der Waals surface area contributed by atoms with Gasteiger partial charge in [-0.2, -0.15) is 0 Å². The second-order valence-electron chi connectivity index (χ2n) is 5.20. The molecule has 0 radical (unpaired) electrons. The fourth-order valence-electron chi connectivity index (χ4n) is 2.41. The van der Waals surface area contributed by atoms with Crippen molar-refractivity contribution in [3.05, 3.63) is 29.6 Å². The molecule has 0 spiro atoms. The van der Waals surface area contributed by atoms with Gasteiger partial charge in [0.1, 0.15) is 5.82 Å². The van der Waals surface area contributed by atoms with Gasteiger partial charge >= 0.3 is 5.97 Å². The van der Waals surface area contributed by atoms with Gasteiger partial charge in [-0.3, -0.25) is 0 Å². The number of sulfonamides is 1. The van der Waals surface area contributed by atoms with Crippen LogP contribution in [0.3, 0.4) is 0 Å². The van der Waals surface area contributed by atoms with Crippen LogP contribution in [-0.2, 0) is 14.8 Å². The molecule has 1 aliphatic heterocycles. The number of hydrogen-bond donors (Lipinski definition) is 2. The molecule has 122 valence electrons. The molecular formula is C14H19FN2O4S. The molecule has 22 heavy (non-hydrogen) atoms. The van der Waals surface area contributed by atoms with E-state index in [1.807, 2.05) is 0 Å². The van der Waals surface area contributed by atoms with Gasteiger partial charge in [-0.15, -0.1) is 0 Å². The molecule has 1 aromatic rings. The zero-order valence-corrected chi connectivity index (χ0v) is 13.1.